The van der Waals surface area contributed by atoms with E-state index < -0.39 is 6.04 Å². The van der Waals surface area contributed by atoms with Gasteiger partial charge in [0.25, 0.3) is 0 Å². The Labute approximate surface area is 84.6 Å². The molecular formula is C9H19N3O2. The number of likely N-dealkylation sites (N-methyl/N-ethyl adjacent to an activating group) is 1. The normalized spacial score (nSPS) is 20.4. The Kier molecular flexibility index (Phi) is 4.86. The van der Waals surface area contributed by atoms with Gasteiger partial charge in [-0.25, -0.2) is 0 Å². The van der Waals surface area contributed by atoms with Crippen LogP contribution in [0.15, 0.2) is 0 Å². The van der Waals surface area contributed by atoms with E-state index in [0.717, 1.165) is 26.3 Å². The van der Waals surface area contributed by atoms with E-state index in [-0.39, 0.29) is 5.91 Å². The molecule has 82 valence electrons. The first-order valence-electron chi connectivity index (χ1n) is 5.07. The van der Waals surface area contributed by atoms with Gasteiger partial charge in [-0.05, 0) is 6.92 Å². The maximum Gasteiger partial charge on any atom is 0.238 e. The molecule has 3 N–H and O–H groups in total. The zero-order chi connectivity index (χ0) is 10.4. The number of hydrogen-bond acceptors (Lipinski definition) is 4. The third-order valence-corrected chi connectivity index (χ3v) is 2.25. The summed E-state index contributed by atoms with van der Waals surface area (Å²) in [5.41, 5.74) is 5.74. The standard InChI is InChI=1S/C9H19N3O2/c1-2-11-9(13)8(10)7-12-3-5-14-6-4-12/h8H,2-7,10H2,1H3,(H,11,13). The molecule has 1 amide bonds. The Hall–Kier alpha value is -0.650. The van der Waals surface area contributed by atoms with Crippen molar-refractivity contribution in [3.8, 4) is 0 Å². The fraction of sp³-hybridized carbons (Fsp3) is 0.889. The van der Waals surface area contributed by atoms with E-state index in [0.29, 0.717) is 13.1 Å². The monoisotopic (exact) mass is 201 g/mol. The second-order valence-electron chi connectivity index (χ2n) is 3.41. The number of carbonyl (C=O) groups excluding carboxylic acids is 1. The average Bonchev–Trinajstić information content (AvgIpc) is 2.19. The predicted molar refractivity (Wildman–Crippen MR) is 53.9 cm³/mol. The minimum atomic E-state index is -0.423. The van der Waals surface area contributed by atoms with Crippen LogP contribution in [0.4, 0.5) is 0 Å². The first kappa shape index (κ1) is 11.4. The summed E-state index contributed by atoms with van der Waals surface area (Å²) in [4.78, 5) is 13.5. The van der Waals surface area contributed by atoms with E-state index in [9.17, 15) is 4.79 Å². The van der Waals surface area contributed by atoms with E-state index in [4.69, 9.17) is 10.5 Å². The summed E-state index contributed by atoms with van der Waals surface area (Å²) in [6.07, 6.45) is 0. The summed E-state index contributed by atoms with van der Waals surface area (Å²) >= 11 is 0. The van der Waals surface area contributed by atoms with Crippen LogP contribution in [0, 0.1) is 0 Å². The molecule has 0 aromatic heterocycles. The molecule has 1 heterocycles. The van der Waals surface area contributed by atoms with E-state index in [1.54, 1.807) is 0 Å². The van der Waals surface area contributed by atoms with Crippen LogP contribution in [0.2, 0.25) is 0 Å². The van der Waals surface area contributed by atoms with Gasteiger partial charge in [-0.1, -0.05) is 0 Å². The van der Waals surface area contributed by atoms with Gasteiger partial charge in [0.1, 0.15) is 0 Å². The van der Waals surface area contributed by atoms with Gasteiger partial charge in [-0.2, -0.15) is 0 Å². The van der Waals surface area contributed by atoms with Crippen molar-refractivity contribution in [2.75, 3.05) is 39.4 Å². The number of nitrogens with two attached hydrogens (primary N) is 1. The van der Waals surface area contributed by atoms with Crippen LogP contribution in [0.3, 0.4) is 0 Å². The summed E-state index contributed by atoms with van der Waals surface area (Å²) in [7, 11) is 0. The van der Waals surface area contributed by atoms with Crippen LogP contribution in [0.25, 0.3) is 0 Å². The molecule has 1 unspecified atom stereocenters. The lowest BCUT2D eigenvalue weighted by atomic mass is 10.2. The highest BCUT2D eigenvalue weighted by molar-refractivity contribution is 5.81. The molecule has 0 bridgehead atoms. The van der Waals surface area contributed by atoms with Crippen LogP contribution in [-0.4, -0.2) is 56.2 Å². The average molecular weight is 201 g/mol. The molecule has 5 nitrogen and oxygen atoms in total. The van der Waals surface area contributed by atoms with Gasteiger partial charge in [-0.3, -0.25) is 9.69 Å². The number of hydrogen-bond donors (Lipinski definition) is 2. The maximum atomic E-state index is 11.3. The number of ether oxygens (including phenoxy) is 1. The quantitative estimate of drug-likeness (QED) is 0.598. The first-order chi connectivity index (χ1) is 6.74. The molecule has 1 fully saturated rings. The molecule has 0 aromatic rings. The van der Waals surface area contributed by atoms with Gasteiger partial charge in [-0.15, -0.1) is 0 Å². The zero-order valence-corrected chi connectivity index (χ0v) is 8.66. The van der Waals surface area contributed by atoms with Crippen molar-refractivity contribution in [1.82, 2.24) is 10.2 Å². The summed E-state index contributed by atoms with van der Waals surface area (Å²) in [6, 6.07) is -0.423. The first-order valence-corrected chi connectivity index (χ1v) is 5.07. The van der Waals surface area contributed by atoms with Crippen molar-refractivity contribution in [2.24, 2.45) is 5.73 Å². The molecule has 1 saturated heterocycles. The van der Waals surface area contributed by atoms with Crippen molar-refractivity contribution in [3.05, 3.63) is 0 Å². The maximum absolute atomic E-state index is 11.3. The molecule has 0 spiro atoms. The largest absolute Gasteiger partial charge is 0.379 e. The summed E-state index contributed by atoms with van der Waals surface area (Å²) in [6.45, 7) is 6.36. The number of nitrogens with one attached hydrogen (secondary N) is 1. The van der Waals surface area contributed by atoms with Crippen molar-refractivity contribution in [1.29, 1.82) is 0 Å². The molecule has 1 aliphatic rings. The van der Waals surface area contributed by atoms with Crippen molar-refractivity contribution < 1.29 is 9.53 Å². The third-order valence-electron chi connectivity index (χ3n) is 2.25. The molecule has 0 aliphatic carbocycles. The zero-order valence-electron chi connectivity index (χ0n) is 8.66. The van der Waals surface area contributed by atoms with E-state index >= 15 is 0 Å². The van der Waals surface area contributed by atoms with Gasteiger partial charge < -0.3 is 15.8 Å². The number of carbonyl (C=O) groups is 1. The van der Waals surface area contributed by atoms with Gasteiger partial charge in [0.05, 0.1) is 19.3 Å². The van der Waals surface area contributed by atoms with Crippen LogP contribution in [0.1, 0.15) is 6.92 Å². The lowest BCUT2D eigenvalue weighted by Gasteiger charge is -2.28. The van der Waals surface area contributed by atoms with Gasteiger partial charge in [0.15, 0.2) is 0 Å². The Morgan fingerprint density at radius 1 is 1.57 bits per heavy atom. The lowest BCUT2D eigenvalue weighted by molar-refractivity contribution is -0.122. The molecule has 0 aromatic carbocycles. The van der Waals surface area contributed by atoms with Gasteiger partial charge in [0, 0.05) is 26.2 Å². The summed E-state index contributed by atoms with van der Waals surface area (Å²) in [5, 5.41) is 2.71. The Balaban J connectivity index is 2.24. The predicted octanol–water partition coefficient (Wildman–Crippen LogP) is -1.22. The number of morpholine rings is 1. The molecular weight excluding hydrogens is 182 g/mol. The molecule has 0 saturated carbocycles. The topological polar surface area (TPSA) is 67.6 Å². The number of rotatable bonds is 4. The molecule has 1 rings (SSSR count). The number of amides is 1. The Bertz CT molecular complexity index is 181. The SMILES string of the molecule is CCNC(=O)C(N)CN1CCOCC1. The Morgan fingerprint density at radius 2 is 2.21 bits per heavy atom. The fourth-order valence-electron chi connectivity index (χ4n) is 1.45. The lowest BCUT2D eigenvalue weighted by Crippen LogP contribution is -2.50. The highest BCUT2D eigenvalue weighted by Gasteiger charge is 2.18. The molecule has 1 aliphatic heterocycles. The highest BCUT2D eigenvalue weighted by Crippen LogP contribution is 1.97. The number of nitrogens with zero attached hydrogens (tertiary/aromatic N) is 1. The van der Waals surface area contributed by atoms with Crippen molar-refractivity contribution >= 4 is 5.91 Å². The molecule has 1 atom stereocenters. The third kappa shape index (κ3) is 3.61. The van der Waals surface area contributed by atoms with Crippen LogP contribution < -0.4 is 11.1 Å². The summed E-state index contributed by atoms with van der Waals surface area (Å²) in [5.74, 6) is -0.0704. The molecule has 5 heteroatoms. The van der Waals surface area contributed by atoms with Crippen molar-refractivity contribution in [2.45, 2.75) is 13.0 Å². The van der Waals surface area contributed by atoms with Crippen molar-refractivity contribution in [3.63, 3.8) is 0 Å². The van der Waals surface area contributed by atoms with E-state index in [1.165, 1.54) is 0 Å². The minimum Gasteiger partial charge on any atom is -0.379 e. The summed E-state index contributed by atoms with van der Waals surface area (Å²) < 4.78 is 5.21. The minimum absolute atomic E-state index is 0.0704. The van der Waals surface area contributed by atoms with Crippen LogP contribution in [-0.2, 0) is 9.53 Å². The van der Waals surface area contributed by atoms with Gasteiger partial charge in [0.2, 0.25) is 5.91 Å². The van der Waals surface area contributed by atoms with E-state index in [1.807, 2.05) is 6.92 Å². The Morgan fingerprint density at radius 3 is 2.79 bits per heavy atom. The molecule has 0 radical (unpaired) electrons. The second-order valence-corrected chi connectivity index (χ2v) is 3.41. The second kappa shape index (κ2) is 5.95. The fourth-order valence-corrected chi connectivity index (χ4v) is 1.45. The van der Waals surface area contributed by atoms with Crippen LogP contribution in [0.5, 0.6) is 0 Å². The smallest absolute Gasteiger partial charge is 0.238 e. The van der Waals surface area contributed by atoms with E-state index in [2.05, 4.69) is 10.2 Å². The highest BCUT2D eigenvalue weighted by atomic mass is 16.5. The van der Waals surface area contributed by atoms with Crippen LogP contribution >= 0.6 is 0 Å². The van der Waals surface area contributed by atoms with Gasteiger partial charge >= 0.3 is 0 Å². The molecule has 14 heavy (non-hydrogen) atoms.